The molecule has 0 aliphatic carbocycles. The molecule has 0 bridgehead atoms. The lowest BCUT2D eigenvalue weighted by atomic mass is 9.88. The largest absolute Gasteiger partial charge is 0.375 e. The molecule has 0 fully saturated rings. The van der Waals surface area contributed by atoms with E-state index in [1.165, 1.54) is 0 Å². The first kappa shape index (κ1) is 21.1. The van der Waals surface area contributed by atoms with Gasteiger partial charge in [-0.1, -0.05) is 34.6 Å². The normalized spacial score (nSPS) is 14.7. The molecule has 1 unspecified atom stereocenters. The molecule has 0 radical (unpaired) electrons. The third-order valence-corrected chi connectivity index (χ3v) is 4.22. The van der Waals surface area contributed by atoms with Crippen molar-refractivity contribution in [1.82, 2.24) is 5.32 Å². The molecule has 0 aromatic rings. The number of rotatable bonds is 11. The minimum Gasteiger partial charge on any atom is -0.375 e. The van der Waals surface area contributed by atoms with Gasteiger partial charge >= 0.3 is 0 Å². The molecule has 0 rings (SSSR count). The monoisotopic (exact) mass is 313 g/mol. The van der Waals surface area contributed by atoms with E-state index in [2.05, 4.69) is 26.1 Å². The summed E-state index contributed by atoms with van der Waals surface area (Å²) < 4.78 is 6.01. The van der Waals surface area contributed by atoms with Crippen LogP contribution in [0.5, 0.6) is 0 Å². The standard InChI is InChI=1S/C18H35NO3/c1-8-18(7,10-9-15(4)20)22-12-11-17(5,6)16(21)19-13-14(2)3/h14H,8-13H2,1-7H3,(H,19,21). The number of amides is 1. The van der Waals surface area contributed by atoms with Gasteiger partial charge in [-0.15, -0.1) is 0 Å². The Bertz CT molecular complexity index is 363. The number of ketones is 1. The number of ether oxygens (including phenoxy) is 1. The van der Waals surface area contributed by atoms with Crippen molar-refractivity contribution in [3.63, 3.8) is 0 Å². The van der Waals surface area contributed by atoms with Gasteiger partial charge in [-0.3, -0.25) is 4.79 Å². The highest BCUT2D eigenvalue weighted by atomic mass is 16.5. The quantitative estimate of drug-likeness (QED) is 0.632. The highest BCUT2D eigenvalue weighted by Crippen LogP contribution is 2.26. The van der Waals surface area contributed by atoms with Crippen LogP contribution in [0.25, 0.3) is 0 Å². The third-order valence-electron chi connectivity index (χ3n) is 4.22. The smallest absolute Gasteiger partial charge is 0.225 e. The highest BCUT2D eigenvalue weighted by molar-refractivity contribution is 5.81. The van der Waals surface area contributed by atoms with Gasteiger partial charge in [-0.2, -0.15) is 0 Å². The Balaban J connectivity index is 4.33. The number of Topliss-reactive ketones (excluding diaryl/α,β-unsaturated/α-hetero) is 1. The Morgan fingerprint density at radius 1 is 1.14 bits per heavy atom. The molecule has 4 heteroatoms. The Morgan fingerprint density at radius 2 is 1.73 bits per heavy atom. The first-order valence-electron chi connectivity index (χ1n) is 8.44. The summed E-state index contributed by atoms with van der Waals surface area (Å²) in [6.45, 7) is 15.0. The molecule has 22 heavy (non-hydrogen) atoms. The second-order valence-corrected chi connectivity index (χ2v) is 7.59. The summed E-state index contributed by atoms with van der Waals surface area (Å²) in [6, 6.07) is 0. The molecule has 0 aromatic carbocycles. The van der Waals surface area contributed by atoms with Crippen LogP contribution >= 0.6 is 0 Å². The zero-order valence-electron chi connectivity index (χ0n) is 15.5. The third kappa shape index (κ3) is 8.52. The van der Waals surface area contributed by atoms with Crippen molar-refractivity contribution in [3.05, 3.63) is 0 Å². The maximum absolute atomic E-state index is 12.2. The second kappa shape index (κ2) is 9.29. The van der Waals surface area contributed by atoms with Gasteiger partial charge in [-0.25, -0.2) is 0 Å². The number of carbonyl (C=O) groups excluding carboxylic acids is 2. The molecule has 1 amide bonds. The summed E-state index contributed by atoms with van der Waals surface area (Å²) in [5.74, 6) is 0.717. The van der Waals surface area contributed by atoms with Gasteiger partial charge in [-0.05, 0) is 39.0 Å². The van der Waals surface area contributed by atoms with Crippen molar-refractivity contribution in [2.75, 3.05) is 13.2 Å². The van der Waals surface area contributed by atoms with Crippen LogP contribution in [0.4, 0.5) is 0 Å². The fraction of sp³-hybridized carbons (Fsp3) is 0.889. The molecular weight excluding hydrogens is 278 g/mol. The van der Waals surface area contributed by atoms with E-state index in [0.29, 0.717) is 31.9 Å². The fourth-order valence-corrected chi connectivity index (χ4v) is 1.99. The summed E-state index contributed by atoms with van der Waals surface area (Å²) >= 11 is 0. The summed E-state index contributed by atoms with van der Waals surface area (Å²) in [5.41, 5.74) is -0.722. The van der Waals surface area contributed by atoms with Gasteiger partial charge < -0.3 is 14.8 Å². The average Bonchev–Trinajstić information content (AvgIpc) is 2.42. The van der Waals surface area contributed by atoms with Crippen LogP contribution in [0.15, 0.2) is 0 Å². The Kier molecular flexibility index (Phi) is 8.91. The number of hydrogen-bond donors (Lipinski definition) is 1. The second-order valence-electron chi connectivity index (χ2n) is 7.59. The zero-order valence-corrected chi connectivity index (χ0v) is 15.5. The van der Waals surface area contributed by atoms with Crippen molar-refractivity contribution < 1.29 is 14.3 Å². The fourth-order valence-electron chi connectivity index (χ4n) is 1.99. The van der Waals surface area contributed by atoms with Crippen molar-refractivity contribution in [1.29, 1.82) is 0 Å². The van der Waals surface area contributed by atoms with E-state index >= 15 is 0 Å². The Morgan fingerprint density at radius 3 is 2.18 bits per heavy atom. The molecule has 0 saturated carbocycles. The highest BCUT2D eigenvalue weighted by Gasteiger charge is 2.29. The number of hydrogen-bond acceptors (Lipinski definition) is 3. The Labute approximate surface area is 136 Å². The van der Waals surface area contributed by atoms with Gasteiger partial charge in [0.2, 0.25) is 5.91 Å². The predicted octanol–water partition coefficient (Wildman–Crippen LogP) is 3.73. The van der Waals surface area contributed by atoms with E-state index < -0.39 is 5.41 Å². The molecule has 0 aliphatic heterocycles. The number of carbonyl (C=O) groups is 2. The van der Waals surface area contributed by atoms with E-state index in [-0.39, 0.29) is 17.3 Å². The minimum atomic E-state index is -0.440. The summed E-state index contributed by atoms with van der Waals surface area (Å²) in [4.78, 5) is 23.3. The van der Waals surface area contributed by atoms with E-state index in [1.54, 1.807) is 6.92 Å². The van der Waals surface area contributed by atoms with Crippen LogP contribution in [0.2, 0.25) is 0 Å². The molecule has 4 nitrogen and oxygen atoms in total. The van der Waals surface area contributed by atoms with E-state index in [4.69, 9.17) is 4.74 Å². The van der Waals surface area contributed by atoms with Gasteiger partial charge in [0.15, 0.2) is 0 Å². The van der Waals surface area contributed by atoms with Gasteiger partial charge in [0, 0.05) is 25.0 Å². The topological polar surface area (TPSA) is 55.4 Å². The average molecular weight is 313 g/mol. The Hall–Kier alpha value is -0.900. The lowest BCUT2D eigenvalue weighted by Gasteiger charge is -2.31. The van der Waals surface area contributed by atoms with Crippen molar-refractivity contribution in [2.24, 2.45) is 11.3 Å². The zero-order chi connectivity index (χ0) is 17.4. The van der Waals surface area contributed by atoms with Crippen LogP contribution in [-0.4, -0.2) is 30.4 Å². The van der Waals surface area contributed by atoms with Crippen molar-refractivity contribution in [3.8, 4) is 0 Å². The molecule has 1 N–H and O–H groups in total. The van der Waals surface area contributed by atoms with E-state index in [9.17, 15) is 9.59 Å². The molecule has 0 aromatic heterocycles. The molecule has 0 aliphatic rings. The maximum atomic E-state index is 12.2. The SMILES string of the molecule is CCC(C)(CCC(C)=O)OCCC(C)(C)C(=O)NCC(C)C. The van der Waals surface area contributed by atoms with Crippen molar-refractivity contribution in [2.45, 2.75) is 79.8 Å². The van der Waals surface area contributed by atoms with Crippen LogP contribution in [0.3, 0.4) is 0 Å². The number of nitrogens with one attached hydrogen (secondary N) is 1. The van der Waals surface area contributed by atoms with Gasteiger partial charge in [0.25, 0.3) is 0 Å². The molecule has 0 spiro atoms. The summed E-state index contributed by atoms with van der Waals surface area (Å²) in [6.07, 6.45) is 2.81. The van der Waals surface area contributed by atoms with Crippen LogP contribution in [0, 0.1) is 11.3 Å². The first-order valence-corrected chi connectivity index (χ1v) is 8.44. The lowest BCUT2D eigenvalue weighted by molar-refractivity contribution is -0.132. The predicted molar refractivity (Wildman–Crippen MR) is 90.8 cm³/mol. The minimum absolute atomic E-state index is 0.0757. The molecule has 1 atom stereocenters. The molecule has 0 saturated heterocycles. The lowest BCUT2D eigenvalue weighted by Crippen LogP contribution is -2.40. The molecular formula is C18H35NO3. The first-order chi connectivity index (χ1) is 10.0. The van der Waals surface area contributed by atoms with Crippen molar-refractivity contribution >= 4 is 11.7 Å². The van der Waals surface area contributed by atoms with Crippen LogP contribution < -0.4 is 5.32 Å². The molecule has 0 heterocycles. The van der Waals surface area contributed by atoms with Gasteiger partial charge in [0.1, 0.15) is 5.78 Å². The van der Waals surface area contributed by atoms with E-state index in [0.717, 1.165) is 12.8 Å². The summed E-state index contributed by atoms with van der Waals surface area (Å²) in [5, 5.41) is 2.98. The maximum Gasteiger partial charge on any atom is 0.225 e. The molecule has 130 valence electrons. The van der Waals surface area contributed by atoms with Crippen LogP contribution in [0.1, 0.15) is 74.1 Å². The summed E-state index contributed by atoms with van der Waals surface area (Å²) in [7, 11) is 0. The van der Waals surface area contributed by atoms with E-state index in [1.807, 2.05) is 20.8 Å². The van der Waals surface area contributed by atoms with Crippen LogP contribution in [-0.2, 0) is 14.3 Å². The van der Waals surface area contributed by atoms with Gasteiger partial charge in [0.05, 0.1) is 5.60 Å².